The molecule has 204 valence electrons. The van der Waals surface area contributed by atoms with Gasteiger partial charge < -0.3 is 14.6 Å². The predicted molar refractivity (Wildman–Crippen MR) is 149 cm³/mol. The van der Waals surface area contributed by atoms with E-state index in [4.69, 9.17) is 0 Å². The molecule has 1 aliphatic carbocycles. The molecule has 0 spiro atoms. The molecule has 2 aliphatic rings. The molecular weight excluding hydrogens is 469 g/mol. The second-order valence-electron chi connectivity index (χ2n) is 11.0. The van der Waals surface area contributed by atoms with Crippen molar-refractivity contribution in [2.75, 3.05) is 37.6 Å². The van der Waals surface area contributed by atoms with Crippen LogP contribution in [0.1, 0.15) is 107 Å². The molecule has 0 amide bonds. The Labute approximate surface area is 220 Å². The van der Waals surface area contributed by atoms with Crippen LogP contribution in [-0.4, -0.2) is 53.3 Å². The third-order valence-electron chi connectivity index (χ3n) is 8.06. The molecule has 1 N–H and O–H groups in total. The van der Waals surface area contributed by atoms with Crippen molar-refractivity contribution in [2.45, 2.75) is 96.4 Å². The Hall–Kier alpha value is -2.41. The molecule has 6 nitrogen and oxygen atoms in total. The van der Waals surface area contributed by atoms with Gasteiger partial charge in [-0.25, -0.2) is 9.18 Å². The second kappa shape index (κ2) is 13.4. The van der Waals surface area contributed by atoms with Gasteiger partial charge in [0.05, 0.1) is 11.2 Å². The van der Waals surface area contributed by atoms with Crippen LogP contribution in [0.5, 0.6) is 0 Å². The van der Waals surface area contributed by atoms with Crippen LogP contribution in [0.25, 0.3) is 10.9 Å². The maximum absolute atomic E-state index is 15.2. The minimum Gasteiger partial charge on any atom is -0.477 e. The van der Waals surface area contributed by atoms with E-state index in [9.17, 15) is 14.7 Å². The fraction of sp³-hybridized carbons (Fsp3) is 0.667. The van der Waals surface area contributed by atoms with Crippen molar-refractivity contribution in [3.05, 3.63) is 39.9 Å². The zero-order chi connectivity index (χ0) is 26.2. The molecule has 0 atom stereocenters. The Morgan fingerprint density at radius 2 is 1.51 bits per heavy atom. The van der Waals surface area contributed by atoms with Crippen molar-refractivity contribution in [2.24, 2.45) is 0 Å². The van der Waals surface area contributed by atoms with Crippen LogP contribution in [-0.2, 0) is 0 Å². The average molecular weight is 514 g/mol. The van der Waals surface area contributed by atoms with Gasteiger partial charge in [0.1, 0.15) is 11.4 Å². The van der Waals surface area contributed by atoms with Crippen molar-refractivity contribution in [3.8, 4) is 0 Å². The Morgan fingerprint density at radius 3 is 2.08 bits per heavy atom. The van der Waals surface area contributed by atoms with E-state index in [1.54, 1.807) is 6.07 Å². The first kappa shape index (κ1) is 27.6. The Bertz CT molecular complexity index is 1100. The average Bonchev–Trinajstić information content (AvgIpc) is 3.73. The highest BCUT2D eigenvalue weighted by atomic mass is 19.1. The van der Waals surface area contributed by atoms with Crippen LogP contribution in [0.3, 0.4) is 0 Å². The van der Waals surface area contributed by atoms with Crippen molar-refractivity contribution < 1.29 is 14.3 Å². The Kier molecular flexibility index (Phi) is 10.0. The van der Waals surface area contributed by atoms with Crippen molar-refractivity contribution >= 4 is 22.6 Å². The molecule has 37 heavy (non-hydrogen) atoms. The van der Waals surface area contributed by atoms with E-state index in [1.807, 2.05) is 4.57 Å². The number of hydrogen-bond acceptors (Lipinski definition) is 4. The number of carboxylic acid groups (broad SMARTS) is 1. The minimum atomic E-state index is -1.26. The third-order valence-corrected chi connectivity index (χ3v) is 8.06. The number of piperazine rings is 1. The van der Waals surface area contributed by atoms with Gasteiger partial charge in [-0.05, 0) is 37.9 Å². The van der Waals surface area contributed by atoms with Crippen LogP contribution in [0, 0.1) is 5.82 Å². The van der Waals surface area contributed by atoms with Gasteiger partial charge in [-0.2, -0.15) is 0 Å². The van der Waals surface area contributed by atoms with E-state index in [1.165, 1.54) is 82.9 Å². The number of aromatic nitrogens is 1. The standard InChI is InChI=1S/C30H44FN3O3/c1-2-3-4-5-6-7-8-9-10-11-12-15-32-16-18-33(19-17-32)28-21-27-24(20-26(28)31)29(35)25(30(36)37)22-34(27)23-13-14-23/h20-23H,2-19H2,1H3,(H,36,37). The fourth-order valence-electron chi connectivity index (χ4n) is 5.62. The SMILES string of the molecule is CCCCCCCCCCCCCN1CCN(c2cc3c(cc2F)c(=O)c(C(=O)O)cn3C2CC2)CC1. The fourth-order valence-corrected chi connectivity index (χ4v) is 5.62. The lowest BCUT2D eigenvalue weighted by Crippen LogP contribution is -2.47. The summed E-state index contributed by atoms with van der Waals surface area (Å²) < 4.78 is 17.0. The van der Waals surface area contributed by atoms with E-state index in [0.717, 1.165) is 45.6 Å². The monoisotopic (exact) mass is 513 g/mol. The predicted octanol–water partition coefficient (Wildman–Crippen LogP) is 6.61. The molecule has 1 saturated carbocycles. The molecule has 0 radical (unpaired) electrons. The number of aromatic carboxylic acids is 1. The molecule has 0 bridgehead atoms. The zero-order valence-corrected chi connectivity index (χ0v) is 22.5. The first-order valence-corrected chi connectivity index (χ1v) is 14.6. The summed E-state index contributed by atoms with van der Waals surface area (Å²) >= 11 is 0. The Balaban J connectivity index is 1.25. The number of benzene rings is 1. The smallest absolute Gasteiger partial charge is 0.341 e. The maximum Gasteiger partial charge on any atom is 0.341 e. The van der Waals surface area contributed by atoms with Crippen LogP contribution >= 0.6 is 0 Å². The number of carbonyl (C=O) groups is 1. The Morgan fingerprint density at radius 1 is 0.919 bits per heavy atom. The van der Waals surface area contributed by atoms with E-state index >= 15 is 4.39 Å². The molecule has 1 aromatic carbocycles. The number of anilines is 1. The third kappa shape index (κ3) is 7.34. The number of nitrogens with zero attached hydrogens (tertiary/aromatic N) is 3. The van der Waals surface area contributed by atoms with Crippen LogP contribution in [0.15, 0.2) is 23.1 Å². The van der Waals surface area contributed by atoms with Gasteiger partial charge in [-0.3, -0.25) is 9.69 Å². The van der Waals surface area contributed by atoms with Gasteiger partial charge in [-0.15, -0.1) is 0 Å². The summed E-state index contributed by atoms with van der Waals surface area (Å²) in [6.07, 6.45) is 18.1. The summed E-state index contributed by atoms with van der Waals surface area (Å²) in [7, 11) is 0. The van der Waals surface area contributed by atoms with Crippen molar-refractivity contribution in [3.63, 3.8) is 0 Å². The lowest BCUT2D eigenvalue weighted by Gasteiger charge is -2.36. The van der Waals surface area contributed by atoms with Crippen LogP contribution < -0.4 is 10.3 Å². The number of hydrogen-bond donors (Lipinski definition) is 1. The summed E-state index contributed by atoms with van der Waals surface area (Å²) in [5.74, 6) is -1.71. The number of carboxylic acids is 1. The summed E-state index contributed by atoms with van der Waals surface area (Å²) in [6, 6.07) is 3.19. The number of rotatable bonds is 15. The highest BCUT2D eigenvalue weighted by molar-refractivity contribution is 5.93. The number of unbranched alkanes of at least 4 members (excludes halogenated alkanes) is 10. The van der Waals surface area contributed by atoms with Crippen LogP contribution in [0.4, 0.5) is 10.1 Å². The minimum absolute atomic E-state index is 0.156. The van der Waals surface area contributed by atoms with Gasteiger partial charge in [0.15, 0.2) is 0 Å². The van der Waals surface area contributed by atoms with Gasteiger partial charge in [0.25, 0.3) is 0 Å². The molecule has 2 fully saturated rings. The van der Waals surface area contributed by atoms with Gasteiger partial charge in [0, 0.05) is 43.8 Å². The molecule has 2 heterocycles. The lowest BCUT2D eigenvalue weighted by atomic mass is 10.1. The number of halogens is 1. The maximum atomic E-state index is 15.2. The largest absolute Gasteiger partial charge is 0.477 e. The first-order chi connectivity index (χ1) is 18.0. The molecule has 4 rings (SSSR count). The van der Waals surface area contributed by atoms with E-state index in [-0.39, 0.29) is 17.0 Å². The molecule has 7 heteroatoms. The van der Waals surface area contributed by atoms with Crippen molar-refractivity contribution in [1.82, 2.24) is 9.47 Å². The normalized spacial score (nSPS) is 16.5. The van der Waals surface area contributed by atoms with Gasteiger partial charge in [0.2, 0.25) is 5.43 Å². The summed E-state index contributed by atoms with van der Waals surface area (Å²) in [5, 5.41) is 9.60. The quantitative estimate of drug-likeness (QED) is 0.272. The highest BCUT2D eigenvalue weighted by Crippen LogP contribution is 2.38. The molecule has 1 aromatic heterocycles. The molecule has 1 aliphatic heterocycles. The van der Waals surface area contributed by atoms with Crippen LogP contribution in [0.2, 0.25) is 0 Å². The van der Waals surface area contributed by atoms with E-state index in [0.29, 0.717) is 11.2 Å². The number of fused-ring (bicyclic) bond motifs is 1. The van der Waals surface area contributed by atoms with E-state index < -0.39 is 17.2 Å². The lowest BCUT2D eigenvalue weighted by molar-refractivity contribution is 0.0695. The number of pyridine rings is 1. The topological polar surface area (TPSA) is 65.8 Å². The second-order valence-corrected chi connectivity index (χ2v) is 11.0. The first-order valence-electron chi connectivity index (χ1n) is 14.6. The van der Waals surface area contributed by atoms with Crippen molar-refractivity contribution in [1.29, 1.82) is 0 Å². The van der Waals surface area contributed by atoms with Gasteiger partial charge >= 0.3 is 5.97 Å². The molecule has 0 unspecified atom stereocenters. The van der Waals surface area contributed by atoms with E-state index in [2.05, 4.69) is 16.7 Å². The van der Waals surface area contributed by atoms with Gasteiger partial charge in [-0.1, -0.05) is 71.1 Å². The molecular formula is C30H44FN3O3. The molecule has 2 aromatic rings. The summed E-state index contributed by atoms with van der Waals surface area (Å²) in [4.78, 5) is 28.8. The summed E-state index contributed by atoms with van der Waals surface area (Å²) in [6.45, 7) is 6.68. The zero-order valence-electron chi connectivity index (χ0n) is 22.5. The summed E-state index contributed by atoms with van der Waals surface area (Å²) in [5.41, 5.74) is 0.250. The molecule has 1 saturated heterocycles. The highest BCUT2D eigenvalue weighted by Gasteiger charge is 2.28.